The quantitative estimate of drug-likeness (QED) is 0.583. The number of benzene rings is 1. The predicted octanol–water partition coefficient (Wildman–Crippen LogP) is 4.62. The lowest BCUT2D eigenvalue weighted by atomic mass is 10.2. The third-order valence-electron chi connectivity index (χ3n) is 3.55. The number of fused-ring (bicyclic) bond motifs is 1. The Hall–Kier alpha value is -3.12. The molecule has 3 heterocycles. The molecule has 0 saturated heterocycles. The molecule has 25 heavy (non-hydrogen) atoms. The van der Waals surface area contributed by atoms with Gasteiger partial charge in [-0.15, -0.1) is 0 Å². The molecule has 0 aliphatic heterocycles. The zero-order valence-corrected chi connectivity index (χ0v) is 13.6. The summed E-state index contributed by atoms with van der Waals surface area (Å²) in [7, 11) is 0. The van der Waals surface area contributed by atoms with Gasteiger partial charge in [-0.3, -0.25) is 4.98 Å². The average molecular weight is 352 g/mol. The molecule has 0 spiro atoms. The van der Waals surface area contributed by atoms with Crippen LogP contribution in [0.1, 0.15) is 0 Å². The van der Waals surface area contributed by atoms with Gasteiger partial charge in [0.2, 0.25) is 0 Å². The van der Waals surface area contributed by atoms with Crippen molar-refractivity contribution in [3.63, 3.8) is 0 Å². The van der Waals surface area contributed by atoms with Crippen LogP contribution in [0, 0.1) is 5.82 Å². The summed E-state index contributed by atoms with van der Waals surface area (Å²) in [5.41, 5.74) is 1.46. The summed E-state index contributed by atoms with van der Waals surface area (Å²) in [6.45, 7) is 0. The lowest BCUT2D eigenvalue weighted by Crippen LogP contribution is -2.01. The molecule has 0 aliphatic rings. The number of halogens is 2. The van der Waals surface area contributed by atoms with Gasteiger partial charge in [-0.2, -0.15) is 0 Å². The molecule has 1 aromatic carbocycles. The maximum absolute atomic E-state index is 13.1. The molecule has 0 saturated carbocycles. The highest BCUT2D eigenvalue weighted by Gasteiger charge is 2.11. The van der Waals surface area contributed by atoms with Gasteiger partial charge in [0.25, 0.3) is 0 Å². The molecular weight excluding hydrogens is 341 g/mol. The third kappa shape index (κ3) is 3.25. The van der Waals surface area contributed by atoms with Crippen LogP contribution in [0.4, 0.5) is 16.0 Å². The zero-order chi connectivity index (χ0) is 17.2. The van der Waals surface area contributed by atoms with Crippen LogP contribution in [0.15, 0.2) is 61.1 Å². The van der Waals surface area contributed by atoms with E-state index < -0.39 is 5.82 Å². The van der Waals surface area contributed by atoms with Crippen LogP contribution in [0.3, 0.4) is 0 Å². The topological polar surface area (TPSA) is 63.6 Å². The highest BCUT2D eigenvalue weighted by molar-refractivity contribution is 6.31. The second-order valence-electron chi connectivity index (χ2n) is 5.29. The van der Waals surface area contributed by atoms with Gasteiger partial charge >= 0.3 is 0 Å². The number of hydrogen-bond donors (Lipinski definition) is 1. The van der Waals surface area contributed by atoms with Crippen LogP contribution in [-0.2, 0) is 0 Å². The summed E-state index contributed by atoms with van der Waals surface area (Å²) >= 11 is 6.10. The van der Waals surface area contributed by atoms with Crippen molar-refractivity contribution in [3.8, 4) is 11.4 Å². The minimum absolute atomic E-state index is 0.402. The van der Waals surface area contributed by atoms with Gasteiger partial charge in [0, 0.05) is 28.4 Å². The molecule has 0 fully saturated rings. The van der Waals surface area contributed by atoms with Crippen LogP contribution in [0.5, 0.6) is 0 Å². The van der Waals surface area contributed by atoms with Gasteiger partial charge in [0.05, 0.1) is 11.7 Å². The summed E-state index contributed by atoms with van der Waals surface area (Å²) in [6, 6.07) is 11.9. The van der Waals surface area contributed by atoms with Crippen molar-refractivity contribution in [2.45, 2.75) is 0 Å². The first-order valence-corrected chi connectivity index (χ1v) is 7.83. The Labute approximate surface area is 147 Å². The summed E-state index contributed by atoms with van der Waals surface area (Å²) < 4.78 is 13.1. The number of anilines is 2. The zero-order valence-electron chi connectivity index (χ0n) is 12.8. The second kappa shape index (κ2) is 6.41. The van der Waals surface area contributed by atoms with Gasteiger partial charge in [0.1, 0.15) is 17.5 Å². The lowest BCUT2D eigenvalue weighted by molar-refractivity contribution is 0.622. The van der Waals surface area contributed by atoms with Crippen molar-refractivity contribution < 1.29 is 4.39 Å². The van der Waals surface area contributed by atoms with Gasteiger partial charge in [0.15, 0.2) is 5.82 Å². The molecule has 0 bridgehead atoms. The standard InChI is InChI=1S/C18H11ClFN5/c19-12-3-5-14-15(8-12)23-17(11-2-1-7-21-9-11)25-18(14)24-16-6-4-13(20)10-22-16/h1-10H,(H,22,23,24,25). The molecule has 122 valence electrons. The van der Waals surface area contributed by atoms with Crippen molar-refractivity contribution in [2.24, 2.45) is 0 Å². The summed E-state index contributed by atoms with van der Waals surface area (Å²) in [4.78, 5) is 17.3. The second-order valence-corrected chi connectivity index (χ2v) is 5.72. The first-order chi connectivity index (χ1) is 12.2. The van der Waals surface area contributed by atoms with E-state index in [1.807, 2.05) is 18.2 Å². The van der Waals surface area contributed by atoms with E-state index >= 15 is 0 Å². The Morgan fingerprint density at radius 3 is 2.68 bits per heavy atom. The smallest absolute Gasteiger partial charge is 0.163 e. The van der Waals surface area contributed by atoms with E-state index in [0.29, 0.717) is 28.0 Å². The van der Waals surface area contributed by atoms with E-state index in [-0.39, 0.29) is 0 Å². The minimum atomic E-state index is -0.402. The molecule has 4 aromatic rings. The van der Waals surface area contributed by atoms with Crippen LogP contribution in [0.2, 0.25) is 5.02 Å². The SMILES string of the molecule is Fc1ccc(Nc2nc(-c3cccnc3)nc3cc(Cl)ccc23)nc1. The monoisotopic (exact) mass is 351 g/mol. The predicted molar refractivity (Wildman–Crippen MR) is 95.3 cm³/mol. The van der Waals surface area contributed by atoms with Gasteiger partial charge in [-0.05, 0) is 42.5 Å². The Morgan fingerprint density at radius 2 is 1.92 bits per heavy atom. The van der Waals surface area contributed by atoms with Gasteiger partial charge < -0.3 is 5.32 Å². The van der Waals surface area contributed by atoms with E-state index in [2.05, 4.69) is 25.3 Å². The van der Waals surface area contributed by atoms with Crippen molar-refractivity contribution in [1.82, 2.24) is 19.9 Å². The molecule has 3 aromatic heterocycles. The summed E-state index contributed by atoms with van der Waals surface area (Å²) in [5, 5.41) is 4.47. The molecule has 4 rings (SSSR count). The first kappa shape index (κ1) is 15.4. The summed E-state index contributed by atoms with van der Waals surface area (Å²) in [5.74, 6) is 1.14. The van der Waals surface area contributed by atoms with Crippen molar-refractivity contribution >= 4 is 34.1 Å². The fourth-order valence-corrected chi connectivity index (χ4v) is 2.56. The van der Waals surface area contributed by atoms with E-state index in [0.717, 1.165) is 17.1 Å². The van der Waals surface area contributed by atoms with Crippen molar-refractivity contribution in [3.05, 3.63) is 71.9 Å². The Balaban J connectivity index is 1.87. The molecule has 0 atom stereocenters. The Bertz CT molecular complexity index is 1040. The molecular formula is C18H11ClFN5. The number of nitrogens with one attached hydrogen (secondary N) is 1. The van der Waals surface area contributed by atoms with Crippen molar-refractivity contribution in [2.75, 3.05) is 5.32 Å². The number of pyridine rings is 2. The average Bonchev–Trinajstić information content (AvgIpc) is 2.64. The summed E-state index contributed by atoms with van der Waals surface area (Å²) in [6.07, 6.45) is 4.51. The van der Waals surface area contributed by atoms with Crippen LogP contribution >= 0.6 is 11.6 Å². The molecule has 0 radical (unpaired) electrons. The first-order valence-electron chi connectivity index (χ1n) is 7.45. The van der Waals surface area contributed by atoms with Gasteiger partial charge in [-0.25, -0.2) is 19.3 Å². The molecule has 1 N–H and O–H groups in total. The number of nitrogens with zero attached hydrogens (tertiary/aromatic N) is 4. The molecule has 0 aliphatic carbocycles. The van der Waals surface area contributed by atoms with E-state index in [1.54, 1.807) is 30.6 Å². The maximum atomic E-state index is 13.1. The molecule has 5 nitrogen and oxygen atoms in total. The Morgan fingerprint density at radius 1 is 1.00 bits per heavy atom. The lowest BCUT2D eigenvalue weighted by Gasteiger charge is -2.10. The van der Waals surface area contributed by atoms with Crippen LogP contribution in [0.25, 0.3) is 22.3 Å². The Kier molecular flexibility index (Phi) is 3.95. The highest BCUT2D eigenvalue weighted by atomic mass is 35.5. The van der Waals surface area contributed by atoms with Gasteiger partial charge in [-0.1, -0.05) is 11.6 Å². The largest absolute Gasteiger partial charge is 0.324 e. The molecule has 0 unspecified atom stereocenters. The molecule has 0 amide bonds. The normalized spacial score (nSPS) is 10.8. The number of hydrogen-bond acceptors (Lipinski definition) is 5. The number of aromatic nitrogens is 4. The fraction of sp³-hybridized carbons (Fsp3) is 0. The third-order valence-corrected chi connectivity index (χ3v) is 3.79. The highest BCUT2D eigenvalue weighted by Crippen LogP contribution is 2.28. The number of rotatable bonds is 3. The van der Waals surface area contributed by atoms with Crippen LogP contribution in [-0.4, -0.2) is 19.9 Å². The van der Waals surface area contributed by atoms with E-state index in [1.165, 1.54) is 6.07 Å². The minimum Gasteiger partial charge on any atom is -0.324 e. The van der Waals surface area contributed by atoms with Crippen LogP contribution < -0.4 is 5.32 Å². The maximum Gasteiger partial charge on any atom is 0.163 e. The molecule has 7 heteroatoms. The van der Waals surface area contributed by atoms with E-state index in [4.69, 9.17) is 11.6 Å². The fourth-order valence-electron chi connectivity index (χ4n) is 2.39. The van der Waals surface area contributed by atoms with E-state index in [9.17, 15) is 4.39 Å². The van der Waals surface area contributed by atoms with Crippen molar-refractivity contribution in [1.29, 1.82) is 0 Å².